The Balaban J connectivity index is 3.46. The highest BCUT2D eigenvalue weighted by Gasteiger charge is 2.30. The van der Waals surface area contributed by atoms with Crippen molar-refractivity contribution in [1.82, 2.24) is 0 Å². The van der Waals surface area contributed by atoms with Gasteiger partial charge in [-0.1, -0.05) is 34.3 Å². The van der Waals surface area contributed by atoms with Crippen LogP contribution in [0.15, 0.2) is 26.3 Å². The Kier molecular flexibility index (Phi) is 7.45. The smallest absolute Gasteiger partial charge is 0.341 e. The van der Waals surface area contributed by atoms with Crippen molar-refractivity contribution < 1.29 is 14.6 Å². The van der Waals surface area contributed by atoms with E-state index in [4.69, 9.17) is 9.73 Å². The maximum absolute atomic E-state index is 12.5. The zero-order valence-electron chi connectivity index (χ0n) is 14.8. The molecule has 1 rings (SSSR count). The third kappa shape index (κ3) is 5.41. The first-order valence-corrected chi connectivity index (χ1v) is 9.17. The number of ether oxygens (including phenoxy) is 1. The highest BCUT2D eigenvalue weighted by Crippen LogP contribution is 2.35. The van der Waals surface area contributed by atoms with Crippen LogP contribution in [0.25, 0.3) is 0 Å². The number of aliphatic hydroxyl groups excluding tert-OH is 1. The summed E-state index contributed by atoms with van der Waals surface area (Å²) < 4.78 is 5.87. The molecule has 0 fully saturated rings. The van der Waals surface area contributed by atoms with Gasteiger partial charge in [-0.05, 0) is 59.3 Å². The van der Waals surface area contributed by atoms with Crippen molar-refractivity contribution in [3.05, 3.63) is 21.3 Å². The Labute approximate surface area is 153 Å². The van der Waals surface area contributed by atoms with E-state index >= 15 is 0 Å². The van der Waals surface area contributed by atoms with Gasteiger partial charge in [0.15, 0.2) is 0 Å². The molecule has 23 heavy (non-hydrogen) atoms. The Morgan fingerprint density at radius 2 is 2.13 bits per heavy atom. The predicted octanol–water partition coefficient (Wildman–Crippen LogP) is 4.07. The minimum atomic E-state index is -0.673. The Bertz CT molecular complexity index is 532. The van der Waals surface area contributed by atoms with Gasteiger partial charge >= 0.3 is 5.97 Å². The summed E-state index contributed by atoms with van der Waals surface area (Å²) in [6.07, 6.45) is 0.772. The number of hydrogen-bond acceptors (Lipinski definition) is 4. The fourth-order valence-electron chi connectivity index (χ4n) is 2.59. The fourth-order valence-corrected chi connectivity index (χ4v) is 3.45. The monoisotopic (exact) mass is 433 g/mol. The van der Waals surface area contributed by atoms with Gasteiger partial charge in [-0.25, -0.2) is 4.79 Å². The Morgan fingerprint density at radius 1 is 1.52 bits per heavy atom. The minimum Gasteiger partial charge on any atom is -0.462 e. The Hall–Kier alpha value is -0.690. The number of nitrogens with zero attached hydrogens (tertiary/aromatic N) is 1. The molecular formula is C18H28INO3. The van der Waals surface area contributed by atoms with Crippen LogP contribution in [0, 0.1) is 11.3 Å². The third-order valence-electron chi connectivity index (χ3n) is 4.00. The second-order valence-electron chi connectivity index (χ2n) is 6.99. The average molecular weight is 433 g/mol. The highest BCUT2D eigenvalue weighted by molar-refractivity contribution is 14.1. The standard InChI is InChI=1S/C18H28INO3/c1-7-23-17(22)14-15(19)12(4)13(21)10-18(5,6)8-9-20-16(14)11(2)3/h11,13,21H,4,7-10H2,1-3,5-6H3/b15-14-,20-16-/t13-/m0/s1. The number of carbonyl (C=O) groups is 1. The topological polar surface area (TPSA) is 58.9 Å². The van der Waals surface area contributed by atoms with E-state index in [-0.39, 0.29) is 11.3 Å². The van der Waals surface area contributed by atoms with E-state index in [2.05, 4.69) is 43.0 Å². The minimum absolute atomic E-state index is 0.0354. The maximum Gasteiger partial charge on any atom is 0.341 e. The molecule has 0 bridgehead atoms. The summed E-state index contributed by atoms with van der Waals surface area (Å²) in [7, 11) is 0. The SMILES string of the molecule is C=C1/C(I)=C(C(=O)OCC)\C(C(C)C)=N/CCC(C)(C)C[C@@H]1O. The molecule has 0 aliphatic carbocycles. The summed E-state index contributed by atoms with van der Waals surface area (Å²) >= 11 is 2.09. The normalized spacial score (nSPS) is 28.3. The summed E-state index contributed by atoms with van der Waals surface area (Å²) in [5, 5.41) is 10.5. The molecular weight excluding hydrogens is 405 g/mol. The van der Waals surface area contributed by atoms with Crippen molar-refractivity contribution in [3.8, 4) is 0 Å². The van der Waals surface area contributed by atoms with Crippen molar-refractivity contribution in [2.24, 2.45) is 16.3 Å². The van der Waals surface area contributed by atoms with Gasteiger partial charge in [0, 0.05) is 10.1 Å². The van der Waals surface area contributed by atoms with Crippen molar-refractivity contribution >= 4 is 34.3 Å². The van der Waals surface area contributed by atoms with E-state index < -0.39 is 12.1 Å². The van der Waals surface area contributed by atoms with Gasteiger partial charge in [0.1, 0.15) is 0 Å². The lowest BCUT2D eigenvalue weighted by Crippen LogP contribution is -2.28. The molecule has 0 aromatic rings. The highest BCUT2D eigenvalue weighted by atomic mass is 127. The molecule has 0 amide bonds. The molecule has 1 aliphatic rings. The molecule has 1 heterocycles. The van der Waals surface area contributed by atoms with Gasteiger partial charge < -0.3 is 9.84 Å². The van der Waals surface area contributed by atoms with E-state index in [1.54, 1.807) is 6.92 Å². The summed E-state index contributed by atoms with van der Waals surface area (Å²) in [6.45, 7) is 15.0. The first-order valence-electron chi connectivity index (χ1n) is 8.09. The summed E-state index contributed by atoms with van der Waals surface area (Å²) in [6, 6.07) is 0. The van der Waals surface area contributed by atoms with Crippen molar-refractivity contribution in [2.45, 2.75) is 53.6 Å². The fraction of sp³-hybridized carbons (Fsp3) is 0.667. The maximum atomic E-state index is 12.5. The number of halogens is 1. The number of aliphatic hydroxyl groups is 1. The number of aliphatic imine (C=N–C) groups is 1. The summed E-state index contributed by atoms with van der Waals surface area (Å²) in [5.74, 6) is -0.302. The van der Waals surface area contributed by atoms with Crippen LogP contribution in [0.2, 0.25) is 0 Å². The molecule has 0 saturated carbocycles. The van der Waals surface area contributed by atoms with E-state index in [1.807, 2.05) is 13.8 Å². The summed E-state index contributed by atoms with van der Waals surface area (Å²) in [5.41, 5.74) is 1.72. The van der Waals surface area contributed by atoms with Gasteiger partial charge in [-0.3, -0.25) is 4.99 Å². The van der Waals surface area contributed by atoms with Gasteiger partial charge in [-0.15, -0.1) is 0 Å². The largest absolute Gasteiger partial charge is 0.462 e. The molecule has 1 N–H and O–H groups in total. The van der Waals surface area contributed by atoms with Crippen molar-refractivity contribution in [3.63, 3.8) is 0 Å². The van der Waals surface area contributed by atoms with Crippen LogP contribution >= 0.6 is 22.6 Å². The van der Waals surface area contributed by atoms with Crippen LogP contribution in [0.3, 0.4) is 0 Å². The van der Waals surface area contributed by atoms with Gasteiger partial charge in [0.25, 0.3) is 0 Å². The first-order chi connectivity index (χ1) is 10.6. The van der Waals surface area contributed by atoms with Crippen LogP contribution in [0.4, 0.5) is 0 Å². The molecule has 130 valence electrons. The van der Waals surface area contributed by atoms with Crippen LogP contribution < -0.4 is 0 Å². The molecule has 0 saturated heterocycles. The van der Waals surface area contributed by atoms with E-state index in [9.17, 15) is 9.90 Å². The number of hydrogen-bond donors (Lipinski definition) is 1. The molecule has 0 aromatic heterocycles. The lowest BCUT2D eigenvalue weighted by Gasteiger charge is -2.30. The number of rotatable bonds is 3. The molecule has 5 heteroatoms. The first kappa shape index (κ1) is 20.4. The number of carbonyl (C=O) groups excluding carboxylic acids is 1. The van der Waals surface area contributed by atoms with Crippen LogP contribution in [0.5, 0.6) is 0 Å². The second kappa shape index (κ2) is 8.42. The van der Waals surface area contributed by atoms with Crippen LogP contribution in [-0.4, -0.2) is 36.0 Å². The lowest BCUT2D eigenvalue weighted by atomic mass is 9.81. The van der Waals surface area contributed by atoms with Crippen molar-refractivity contribution in [2.75, 3.05) is 13.2 Å². The molecule has 1 atom stereocenters. The quantitative estimate of drug-likeness (QED) is 0.539. The molecule has 4 nitrogen and oxygen atoms in total. The van der Waals surface area contributed by atoms with Crippen LogP contribution in [-0.2, 0) is 9.53 Å². The third-order valence-corrected chi connectivity index (χ3v) is 5.24. The van der Waals surface area contributed by atoms with Crippen molar-refractivity contribution in [1.29, 1.82) is 0 Å². The lowest BCUT2D eigenvalue weighted by molar-refractivity contribution is -0.137. The zero-order valence-corrected chi connectivity index (χ0v) is 16.9. The van der Waals surface area contributed by atoms with E-state index in [0.29, 0.717) is 34.3 Å². The molecule has 1 aliphatic heterocycles. The van der Waals surface area contributed by atoms with E-state index in [0.717, 1.165) is 12.1 Å². The number of esters is 1. The second-order valence-corrected chi connectivity index (χ2v) is 8.07. The summed E-state index contributed by atoms with van der Waals surface area (Å²) in [4.78, 5) is 17.2. The predicted molar refractivity (Wildman–Crippen MR) is 103 cm³/mol. The molecule has 0 spiro atoms. The van der Waals surface area contributed by atoms with Gasteiger partial charge in [0.2, 0.25) is 0 Å². The molecule has 0 radical (unpaired) electrons. The van der Waals surface area contributed by atoms with Gasteiger partial charge in [-0.2, -0.15) is 0 Å². The molecule has 0 unspecified atom stereocenters. The Morgan fingerprint density at radius 3 is 2.65 bits per heavy atom. The van der Waals surface area contributed by atoms with Gasteiger partial charge in [0.05, 0.1) is 24.0 Å². The average Bonchev–Trinajstić information content (AvgIpc) is 2.43. The molecule has 0 aromatic carbocycles. The zero-order chi connectivity index (χ0) is 17.8. The van der Waals surface area contributed by atoms with Crippen LogP contribution in [0.1, 0.15) is 47.5 Å². The van der Waals surface area contributed by atoms with E-state index in [1.165, 1.54) is 0 Å².